The van der Waals surface area contributed by atoms with Crippen molar-refractivity contribution in [2.45, 2.75) is 51.7 Å². The largest absolute Gasteiger partial charge is 0.487 e. The van der Waals surface area contributed by atoms with E-state index in [9.17, 15) is 4.79 Å². The minimum atomic E-state index is -0.591. The lowest BCUT2D eigenvalue weighted by atomic mass is 10.1. The molecule has 1 aromatic carbocycles. The molecule has 2 rings (SSSR count). The van der Waals surface area contributed by atoms with Gasteiger partial charge in [-0.05, 0) is 52.0 Å². The van der Waals surface area contributed by atoms with Crippen molar-refractivity contribution in [2.24, 2.45) is 5.73 Å². The first-order chi connectivity index (χ1) is 11.1. The molecule has 6 nitrogen and oxygen atoms in total. The van der Waals surface area contributed by atoms with E-state index in [0.29, 0.717) is 23.9 Å². The van der Waals surface area contributed by atoms with Crippen LogP contribution in [0.2, 0.25) is 5.02 Å². The van der Waals surface area contributed by atoms with E-state index in [1.807, 2.05) is 27.7 Å². The summed E-state index contributed by atoms with van der Waals surface area (Å²) < 4.78 is 16.8. The van der Waals surface area contributed by atoms with Crippen LogP contribution >= 0.6 is 11.6 Å². The van der Waals surface area contributed by atoms with Crippen LogP contribution in [-0.2, 0) is 9.47 Å². The Balaban J connectivity index is 1.73. The van der Waals surface area contributed by atoms with Gasteiger partial charge in [0.1, 0.15) is 23.7 Å². The molecule has 0 spiro atoms. The summed E-state index contributed by atoms with van der Waals surface area (Å²) in [5, 5.41) is 0.646. The van der Waals surface area contributed by atoms with Crippen LogP contribution in [0.1, 0.15) is 27.7 Å². The molecule has 1 unspecified atom stereocenters. The van der Waals surface area contributed by atoms with E-state index < -0.39 is 11.8 Å². The Hall–Kier alpha value is -1.50. The lowest BCUT2D eigenvalue weighted by molar-refractivity contribution is -0.115. The summed E-state index contributed by atoms with van der Waals surface area (Å²) in [6, 6.07) is 7.06. The van der Waals surface area contributed by atoms with Crippen molar-refractivity contribution in [2.75, 3.05) is 13.1 Å². The number of nitrogens with two attached hydrogens (primary N) is 1. The van der Waals surface area contributed by atoms with Crippen molar-refractivity contribution in [3.63, 3.8) is 0 Å². The number of nitrogens with zero attached hydrogens (tertiary/aromatic N) is 1. The summed E-state index contributed by atoms with van der Waals surface area (Å²) in [7, 11) is 0. The number of ether oxygens (including phenoxy) is 3. The van der Waals surface area contributed by atoms with Crippen LogP contribution < -0.4 is 10.5 Å². The third-order valence-electron chi connectivity index (χ3n) is 3.45. The molecule has 2 N–H and O–H groups in total. The van der Waals surface area contributed by atoms with Gasteiger partial charge in [-0.2, -0.15) is 0 Å². The molecule has 134 valence electrons. The molecule has 24 heavy (non-hydrogen) atoms. The molecule has 1 saturated heterocycles. The van der Waals surface area contributed by atoms with Gasteiger partial charge in [0.05, 0.1) is 19.2 Å². The van der Waals surface area contributed by atoms with Gasteiger partial charge in [-0.15, -0.1) is 0 Å². The predicted molar refractivity (Wildman–Crippen MR) is 92.2 cm³/mol. The maximum atomic E-state index is 11.9. The number of likely N-dealkylation sites (tertiary alicyclic amines) is 1. The number of halogens is 1. The minimum absolute atomic E-state index is 0.108. The second-order valence-electron chi connectivity index (χ2n) is 6.88. The highest BCUT2D eigenvalue weighted by Gasteiger charge is 2.36. The van der Waals surface area contributed by atoms with Gasteiger partial charge in [-0.25, -0.2) is 4.79 Å². The van der Waals surface area contributed by atoms with Crippen molar-refractivity contribution in [1.29, 1.82) is 0 Å². The Kier molecular flexibility index (Phi) is 5.96. The molecule has 0 saturated carbocycles. The summed E-state index contributed by atoms with van der Waals surface area (Å²) in [4.78, 5) is 13.4. The third kappa shape index (κ3) is 5.54. The van der Waals surface area contributed by atoms with Crippen LogP contribution in [-0.4, -0.2) is 48.1 Å². The maximum absolute atomic E-state index is 11.9. The highest BCUT2D eigenvalue weighted by Crippen LogP contribution is 2.20. The zero-order valence-corrected chi connectivity index (χ0v) is 15.2. The van der Waals surface area contributed by atoms with Crippen LogP contribution in [0.5, 0.6) is 5.75 Å². The quantitative estimate of drug-likeness (QED) is 0.821. The van der Waals surface area contributed by atoms with Crippen molar-refractivity contribution in [3.8, 4) is 5.75 Å². The van der Waals surface area contributed by atoms with Gasteiger partial charge in [-0.3, -0.25) is 0 Å². The SMILES string of the molecule is C[C@H](Oc1ccc(Cl)cc1)C(N)OC1CN(C(=O)OC(C)(C)C)C1. The molecule has 0 radical (unpaired) electrons. The smallest absolute Gasteiger partial charge is 0.410 e. The fraction of sp³-hybridized carbons (Fsp3) is 0.588. The molecule has 1 aliphatic heterocycles. The average Bonchev–Trinajstić information content (AvgIpc) is 2.42. The molecule has 0 aromatic heterocycles. The molecule has 1 aliphatic rings. The van der Waals surface area contributed by atoms with Crippen LogP contribution in [0.3, 0.4) is 0 Å². The molecule has 1 fully saturated rings. The second kappa shape index (κ2) is 7.59. The summed E-state index contributed by atoms with van der Waals surface area (Å²) in [5.41, 5.74) is 5.52. The van der Waals surface area contributed by atoms with Crippen molar-refractivity contribution in [1.82, 2.24) is 4.90 Å². The Morgan fingerprint density at radius 1 is 1.29 bits per heavy atom. The van der Waals surface area contributed by atoms with Crippen molar-refractivity contribution >= 4 is 17.7 Å². The Morgan fingerprint density at radius 2 is 1.88 bits per heavy atom. The lowest BCUT2D eigenvalue weighted by Crippen LogP contribution is -2.58. The fourth-order valence-electron chi connectivity index (χ4n) is 2.13. The van der Waals surface area contributed by atoms with E-state index in [1.54, 1.807) is 29.2 Å². The molecule has 7 heteroatoms. The van der Waals surface area contributed by atoms with E-state index >= 15 is 0 Å². The predicted octanol–water partition coefficient (Wildman–Crippen LogP) is 3.03. The summed E-state index contributed by atoms with van der Waals surface area (Å²) in [6.07, 6.45) is -1.36. The van der Waals surface area contributed by atoms with Crippen LogP contribution in [0.4, 0.5) is 4.79 Å². The van der Waals surface area contributed by atoms with Crippen LogP contribution in [0.25, 0.3) is 0 Å². The molecule has 2 atom stereocenters. The molecule has 0 bridgehead atoms. The van der Waals surface area contributed by atoms with Gasteiger partial charge >= 0.3 is 6.09 Å². The topological polar surface area (TPSA) is 74.0 Å². The van der Waals surface area contributed by atoms with E-state index in [1.165, 1.54) is 0 Å². The van der Waals surface area contributed by atoms with Crippen LogP contribution in [0.15, 0.2) is 24.3 Å². The molecule has 1 amide bonds. The van der Waals surface area contributed by atoms with Gasteiger partial charge in [0.15, 0.2) is 0 Å². The molecule has 1 aromatic rings. The normalized spacial score (nSPS) is 17.8. The zero-order valence-electron chi connectivity index (χ0n) is 14.5. The number of rotatable bonds is 5. The third-order valence-corrected chi connectivity index (χ3v) is 3.70. The first kappa shape index (κ1) is 18.8. The Morgan fingerprint density at radius 3 is 2.42 bits per heavy atom. The van der Waals surface area contributed by atoms with Gasteiger partial charge < -0.3 is 24.8 Å². The molecular weight excluding hydrogens is 332 g/mol. The average molecular weight is 357 g/mol. The molecular formula is C17H25ClN2O4. The number of amides is 1. The van der Waals surface area contributed by atoms with E-state index in [2.05, 4.69) is 0 Å². The lowest BCUT2D eigenvalue weighted by Gasteiger charge is -2.41. The number of carbonyl (C=O) groups excluding carboxylic acids is 1. The van der Waals surface area contributed by atoms with E-state index in [-0.39, 0.29) is 18.3 Å². The standard InChI is InChI=1S/C17H25ClN2O4/c1-11(22-13-7-5-12(18)6-8-13)15(19)23-14-9-20(10-14)16(21)24-17(2,3)4/h5-8,11,14-15H,9-10,19H2,1-4H3/t11-,15?/m0/s1. The molecule has 1 heterocycles. The summed E-state index contributed by atoms with van der Waals surface area (Å²) in [5.74, 6) is 0.676. The number of hydrogen-bond acceptors (Lipinski definition) is 5. The number of benzene rings is 1. The van der Waals surface area contributed by atoms with Crippen molar-refractivity contribution < 1.29 is 19.0 Å². The molecule has 0 aliphatic carbocycles. The minimum Gasteiger partial charge on any atom is -0.487 e. The summed E-state index contributed by atoms with van der Waals surface area (Å²) in [6.45, 7) is 8.29. The highest BCUT2D eigenvalue weighted by molar-refractivity contribution is 6.30. The highest BCUT2D eigenvalue weighted by atomic mass is 35.5. The van der Waals surface area contributed by atoms with Crippen LogP contribution in [0, 0.1) is 0 Å². The van der Waals surface area contributed by atoms with Gasteiger partial charge in [0, 0.05) is 5.02 Å². The monoisotopic (exact) mass is 356 g/mol. The van der Waals surface area contributed by atoms with Gasteiger partial charge in [0.2, 0.25) is 0 Å². The second-order valence-corrected chi connectivity index (χ2v) is 7.32. The Labute approximate surface area is 147 Å². The fourth-order valence-corrected chi connectivity index (χ4v) is 2.25. The van der Waals surface area contributed by atoms with Crippen molar-refractivity contribution in [3.05, 3.63) is 29.3 Å². The maximum Gasteiger partial charge on any atom is 0.410 e. The summed E-state index contributed by atoms with van der Waals surface area (Å²) >= 11 is 5.84. The van der Waals surface area contributed by atoms with Gasteiger partial charge in [0.25, 0.3) is 0 Å². The number of carbonyl (C=O) groups is 1. The van der Waals surface area contributed by atoms with Gasteiger partial charge in [-0.1, -0.05) is 11.6 Å². The Bertz CT molecular complexity index is 553. The first-order valence-corrected chi connectivity index (χ1v) is 8.33. The zero-order chi connectivity index (χ0) is 17.9. The van der Waals surface area contributed by atoms with E-state index in [0.717, 1.165) is 0 Å². The van der Waals surface area contributed by atoms with E-state index in [4.69, 9.17) is 31.5 Å². The number of hydrogen-bond donors (Lipinski definition) is 1. The first-order valence-electron chi connectivity index (χ1n) is 7.95.